The van der Waals surface area contributed by atoms with E-state index < -0.39 is 0 Å². The Hall–Kier alpha value is -0.540. The molecular formula is C12H18BrNO. The number of benzene rings is 1. The maximum absolute atomic E-state index is 5.79. The molecule has 0 bridgehead atoms. The van der Waals surface area contributed by atoms with Gasteiger partial charge in [-0.25, -0.2) is 0 Å². The van der Waals surface area contributed by atoms with E-state index in [9.17, 15) is 0 Å². The average molecular weight is 272 g/mol. The van der Waals surface area contributed by atoms with E-state index in [0.29, 0.717) is 0 Å². The molecule has 1 unspecified atom stereocenters. The first-order valence-corrected chi connectivity index (χ1v) is 5.86. The van der Waals surface area contributed by atoms with Gasteiger partial charge in [0.15, 0.2) is 0 Å². The number of rotatable bonds is 2. The number of nitrogens with two attached hydrogens (primary N) is 1. The molecule has 1 aromatic rings. The van der Waals surface area contributed by atoms with Crippen LogP contribution in [-0.2, 0) is 5.41 Å². The first-order chi connectivity index (χ1) is 6.86. The van der Waals surface area contributed by atoms with Crippen LogP contribution in [-0.4, -0.2) is 7.11 Å². The zero-order valence-electron chi connectivity index (χ0n) is 9.67. The van der Waals surface area contributed by atoms with E-state index >= 15 is 0 Å². The van der Waals surface area contributed by atoms with Gasteiger partial charge < -0.3 is 10.5 Å². The Morgan fingerprint density at radius 1 is 1.33 bits per heavy atom. The number of methoxy groups -OCH3 is 1. The molecule has 0 heterocycles. The standard InChI is InChI=1S/C12H18BrNO/c1-12(2,3)9-7-8(11(13)14)5-6-10(9)15-4/h5-7,11H,14H2,1-4H3. The molecule has 15 heavy (non-hydrogen) atoms. The molecule has 1 aromatic carbocycles. The molecule has 0 spiro atoms. The van der Waals surface area contributed by atoms with Crippen LogP contribution < -0.4 is 10.5 Å². The van der Waals surface area contributed by atoms with Crippen LogP contribution in [0.15, 0.2) is 18.2 Å². The Bertz CT molecular complexity index is 342. The molecule has 1 rings (SSSR count). The van der Waals surface area contributed by atoms with E-state index in [2.05, 4.69) is 42.8 Å². The summed E-state index contributed by atoms with van der Waals surface area (Å²) in [5.74, 6) is 0.916. The van der Waals surface area contributed by atoms with Gasteiger partial charge in [-0.1, -0.05) is 42.8 Å². The van der Waals surface area contributed by atoms with Gasteiger partial charge in [-0.15, -0.1) is 0 Å². The average Bonchev–Trinajstić information content (AvgIpc) is 2.15. The van der Waals surface area contributed by atoms with Gasteiger partial charge in [0.2, 0.25) is 0 Å². The fourth-order valence-electron chi connectivity index (χ4n) is 1.48. The topological polar surface area (TPSA) is 35.2 Å². The van der Waals surface area contributed by atoms with Crippen LogP contribution in [0.3, 0.4) is 0 Å². The van der Waals surface area contributed by atoms with Crippen molar-refractivity contribution in [3.05, 3.63) is 29.3 Å². The van der Waals surface area contributed by atoms with Gasteiger partial charge in [0, 0.05) is 0 Å². The minimum absolute atomic E-state index is 0.0588. The largest absolute Gasteiger partial charge is 0.496 e. The van der Waals surface area contributed by atoms with E-state index in [0.717, 1.165) is 11.3 Å². The van der Waals surface area contributed by atoms with Crippen molar-refractivity contribution in [2.45, 2.75) is 31.1 Å². The van der Waals surface area contributed by atoms with Crippen LogP contribution >= 0.6 is 15.9 Å². The van der Waals surface area contributed by atoms with Crippen molar-refractivity contribution in [2.75, 3.05) is 7.11 Å². The van der Waals surface area contributed by atoms with Gasteiger partial charge in [-0.2, -0.15) is 0 Å². The Morgan fingerprint density at radius 2 is 1.93 bits per heavy atom. The predicted molar refractivity (Wildman–Crippen MR) is 67.5 cm³/mol. The molecule has 0 aliphatic carbocycles. The summed E-state index contributed by atoms with van der Waals surface area (Å²) >= 11 is 3.37. The first-order valence-electron chi connectivity index (χ1n) is 4.94. The maximum Gasteiger partial charge on any atom is 0.122 e. The molecule has 0 radical (unpaired) electrons. The van der Waals surface area contributed by atoms with Crippen molar-refractivity contribution < 1.29 is 4.74 Å². The van der Waals surface area contributed by atoms with Crippen LogP contribution in [0.25, 0.3) is 0 Å². The summed E-state index contributed by atoms with van der Waals surface area (Å²) in [6.45, 7) is 6.48. The second-order valence-electron chi connectivity index (χ2n) is 4.61. The van der Waals surface area contributed by atoms with E-state index in [4.69, 9.17) is 10.5 Å². The van der Waals surface area contributed by atoms with Gasteiger partial charge in [0.25, 0.3) is 0 Å². The van der Waals surface area contributed by atoms with E-state index in [1.54, 1.807) is 7.11 Å². The minimum atomic E-state index is -0.121. The number of ether oxygens (including phenoxy) is 1. The molecule has 0 aliphatic rings. The molecule has 0 aliphatic heterocycles. The highest BCUT2D eigenvalue weighted by molar-refractivity contribution is 9.09. The van der Waals surface area contributed by atoms with Crippen molar-refractivity contribution in [1.82, 2.24) is 0 Å². The molecule has 0 saturated heterocycles. The lowest BCUT2D eigenvalue weighted by atomic mass is 9.85. The van der Waals surface area contributed by atoms with Crippen LogP contribution in [0.4, 0.5) is 0 Å². The third kappa shape index (κ3) is 2.95. The van der Waals surface area contributed by atoms with Gasteiger partial charge in [0.1, 0.15) is 5.75 Å². The molecule has 84 valence electrons. The maximum atomic E-state index is 5.79. The van der Waals surface area contributed by atoms with Gasteiger partial charge in [0.05, 0.1) is 12.1 Å². The lowest BCUT2D eigenvalue weighted by molar-refractivity contribution is 0.397. The molecule has 2 nitrogen and oxygen atoms in total. The van der Waals surface area contributed by atoms with E-state index in [1.165, 1.54) is 5.56 Å². The van der Waals surface area contributed by atoms with E-state index in [-0.39, 0.29) is 10.4 Å². The molecule has 0 fully saturated rings. The normalized spacial score (nSPS) is 13.7. The fraction of sp³-hybridized carbons (Fsp3) is 0.500. The van der Waals surface area contributed by atoms with Crippen LogP contribution in [0.5, 0.6) is 5.75 Å². The lowest BCUT2D eigenvalue weighted by Gasteiger charge is -2.23. The Labute approximate surface area is 99.9 Å². The summed E-state index contributed by atoms with van der Waals surface area (Å²) in [7, 11) is 1.69. The quantitative estimate of drug-likeness (QED) is 0.662. The molecule has 0 aromatic heterocycles. The summed E-state index contributed by atoms with van der Waals surface area (Å²) in [5, 5.41) is 0. The molecular weight excluding hydrogens is 254 g/mol. The predicted octanol–water partition coefficient (Wildman–Crippen LogP) is 3.34. The minimum Gasteiger partial charge on any atom is -0.496 e. The summed E-state index contributed by atoms with van der Waals surface area (Å²) in [6.07, 6.45) is 0. The smallest absolute Gasteiger partial charge is 0.122 e. The molecule has 3 heteroatoms. The van der Waals surface area contributed by atoms with Gasteiger partial charge in [-0.3, -0.25) is 0 Å². The van der Waals surface area contributed by atoms with Crippen molar-refractivity contribution >= 4 is 15.9 Å². The third-order valence-electron chi connectivity index (χ3n) is 2.35. The lowest BCUT2D eigenvalue weighted by Crippen LogP contribution is -2.14. The fourth-order valence-corrected chi connectivity index (χ4v) is 1.77. The van der Waals surface area contributed by atoms with E-state index in [1.807, 2.05) is 12.1 Å². The number of hydrogen-bond acceptors (Lipinski definition) is 2. The van der Waals surface area contributed by atoms with Crippen molar-refractivity contribution in [2.24, 2.45) is 5.73 Å². The zero-order chi connectivity index (χ0) is 11.6. The van der Waals surface area contributed by atoms with Crippen molar-refractivity contribution in [3.8, 4) is 5.75 Å². The van der Waals surface area contributed by atoms with Crippen LogP contribution in [0.2, 0.25) is 0 Å². The van der Waals surface area contributed by atoms with Gasteiger partial charge >= 0.3 is 0 Å². The highest BCUT2D eigenvalue weighted by Gasteiger charge is 2.19. The highest BCUT2D eigenvalue weighted by atomic mass is 79.9. The summed E-state index contributed by atoms with van der Waals surface area (Å²) in [6, 6.07) is 6.04. The number of hydrogen-bond donors (Lipinski definition) is 1. The second kappa shape index (κ2) is 4.54. The molecule has 0 amide bonds. The number of alkyl halides is 1. The van der Waals surface area contributed by atoms with Crippen molar-refractivity contribution in [1.29, 1.82) is 0 Å². The first kappa shape index (κ1) is 12.5. The van der Waals surface area contributed by atoms with Crippen LogP contribution in [0, 0.1) is 0 Å². The summed E-state index contributed by atoms with van der Waals surface area (Å²) in [5.41, 5.74) is 8.10. The second-order valence-corrected chi connectivity index (χ2v) is 5.60. The third-order valence-corrected chi connectivity index (χ3v) is 2.88. The van der Waals surface area contributed by atoms with Crippen molar-refractivity contribution in [3.63, 3.8) is 0 Å². The molecule has 2 N–H and O–H groups in total. The molecule has 0 saturated carbocycles. The summed E-state index contributed by atoms with van der Waals surface area (Å²) in [4.78, 5) is -0.121. The van der Waals surface area contributed by atoms with Gasteiger partial charge in [-0.05, 0) is 28.7 Å². The number of halogens is 1. The monoisotopic (exact) mass is 271 g/mol. The SMILES string of the molecule is COc1ccc(C(N)Br)cc1C(C)(C)C. The summed E-state index contributed by atoms with van der Waals surface area (Å²) < 4.78 is 5.35. The Morgan fingerprint density at radius 3 is 2.33 bits per heavy atom. The highest BCUT2D eigenvalue weighted by Crippen LogP contribution is 2.33. The Kier molecular flexibility index (Phi) is 3.79. The van der Waals surface area contributed by atoms with Crippen LogP contribution in [0.1, 0.15) is 36.8 Å². The zero-order valence-corrected chi connectivity index (χ0v) is 11.3. The molecule has 1 atom stereocenters. The Balaban J connectivity index is 3.26.